The maximum Gasteiger partial charge on any atom is 0.224 e. The predicted octanol–water partition coefficient (Wildman–Crippen LogP) is 1.34. The van der Waals surface area contributed by atoms with E-state index < -0.39 is 0 Å². The van der Waals surface area contributed by atoms with Gasteiger partial charge in [0.2, 0.25) is 5.91 Å². The number of carbonyl (C=O) groups excluding carboxylic acids is 1. The molecule has 4 N–H and O–H groups in total. The van der Waals surface area contributed by atoms with Gasteiger partial charge in [-0.1, -0.05) is 30.7 Å². The highest BCUT2D eigenvalue weighted by Gasteiger charge is 2.29. The maximum atomic E-state index is 11.9. The fourth-order valence-electron chi connectivity index (χ4n) is 2.47. The average Bonchev–Trinajstić information content (AvgIpc) is 2.82. The zero-order valence-corrected chi connectivity index (χ0v) is 11.7. The summed E-state index contributed by atoms with van der Waals surface area (Å²) >= 11 is 0. The fraction of sp³-hybridized carbons (Fsp3) is 0.500. The van der Waals surface area contributed by atoms with Gasteiger partial charge < -0.3 is 16.2 Å². The summed E-state index contributed by atoms with van der Waals surface area (Å²) in [5.41, 5.74) is 7.76. The number of amides is 1. The Hall–Kier alpha value is -1.10. The molecule has 1 fully saturated rings. The molecule has 1 aromatic rings. The SMILES string of the molecule is Cl.NC1CCCC1C(=O)NCc1cccc(CO)c1. The van der Waals surface area contributed by atoms with Gasteiger partial charge in [0, 0.05) is 12.6 Å². The minimum Gasteiger partial charge on any atom is -0.392 e. The van der Waals surface area contributed by atoms with Crippen LogP contribution in [0.15, 0.2) is 24.3 Å². The Balaban J connectivity index is 0.00000180. The lowest BCUT2D eigenvalue weighted by Gasteiger charge is -2.15. The molecule has 1 aromatic carbocycles. The van der Waals surface area contributed by atoms with Crippen LogP contribution in [0.4, 0.5) is 0 Å². The molecule has 0 spiro atoms. The Bertz CT molecular complexity index is 426. The molecule has 1 amide bonds. The van der Waals surface area contributed by atoms with E-state index in [9.17, 15) is 4.79 Å². The molecule has 0 aromatic heterocycles. The van der Waals surface area contributed by atoms with E-state index in [0.717, 1.165) is 30.4 Å². The molecule has 1 aliphatic rings. The van der Waals surface area contributed by atoms with E-state index in [1.165, 1.54) is 0 Å². The lowest BCUT2D eigenvalue weighted by atomic mass is 10.0. The number of hydrogen-bond acceptors (Lipinski definition) is 3. The first-order valence-corrected chi connectivity index (χ1v) is 6.42. The average molecular weight is 285 g/mol. The Morgan fingerprint density at radius 2 is 2.11 bits per heavy atom. The summed E-state index contributed by atoms with van der Waals surface area (Å²) < 4.78 is 0. The first kappa shape index (κ1) is 16.0. The molecule has 2 atom stereocenters. The van der Waals surface area contributed by atoms with Crippen LogP contribution in [0.3, 0.4) is 0 Å². The summed E-state index contributed by atoms with van der Waals surface area (Å²) in [6, 6.07) is 7.59. The first-order chi connectivity index (χ1) is 8.70. The molecule has 0 bridgehead atoms. The van der Waals surface area contributed by atoms with Gasteiger partial charge in [-0.2, -0.15) is 0 Å². The van der Waals surface area contributed by atoms with Gasteiger partial charge in [0.1, 0.15) is 0 Å². The molecule has 1 aliphatic carbocycles. The third kappa shape index (κ3) is 4.20. The molecular formula is C14H21ClN2O2. The third-order valence-corrected chi connectivity index (χ3v) is 3.55. The van der Waals surface area contributed by atoms with Crippen molar-refractivity contribution in [1.82, 2.24) is 5.32 Å². The zero-order chi connectivity index (χ0) is 13.0. The summed E-state index contributed by atoms with van der Waals surface area (Å²) in [5, 5.41) is 12.0. The molecule has 4 nitrogen and oxygen atoms in total. The van der Waals surface area contributed by atoms with Crippen molar-refractivity contribution >= 4 is 18.3 Å². The fourth-order valence-corrected chi connectivity index (χ4v) is 2.47. The number of nitrogens with two attached hydrogens (primary N) is 1. The molecule has 5 heteroatoms. The van der Waals surface area contributed by atoms with Crippen LogP contribution in [0.1, 0.15) is 30.4 Å². The van der Waals surface area contributed by atoms with Crippen molar-refractivity contribution < 1.29 is 9.90 Å². The standard InChI is InChI=1S/C14H20N2O2.ClH/c15-13-6-2-5-12(13)14(18)16-8-10-3-1-4-11(7-10)9-17;/h1,3-4,7,12-13,17H,2,5-6,8-9,15H2,(H,16,18);1H. The van der Waals surface area contributed by atoms with E-state index in [0.29, 0.717) is 6.54 Å². The van der Waals surface area contributed by atoms with Gasteiger partial charge in [0.25, 0.3) is 0 Å². The van der Waals surface area contributed by atoms with E-state index in [1.807, 2.05) is 24.3 Å². The molecule has 106 valence electrons. The minimum atomic E-state index is -0.0361. The van der Waals surface area contributed by atoms with Gasteiger partial charge in [-0.25, -0.2) is 0 Å². The van der Waals surface area contributed by atoms with Crippen molar-refractivity contribution in [2.45, 2.75) is 38.5 Å². The van der Waals surface area contributed by atoms with Crippen molar-refractivity contribution in [3.63, 3.8) is 0 Å². The maximum absolute atomic E-state index is 11.9. The van der Waals surface area contributed by atoms with Gasteiger partial charge in [0.15, 0.2) is 0 Å². The highest BCUT2D eigenvalue weighted by molar-refractivity contribution is 5.85. The van der Waals surface area contributed by atoms with Crippen molar-refractivity contribution in [2.75, 3.05) is 0 Å². The lowest BCUT2D eigenvalue weighted by Crippen LogP contribution is -2.38. The van der Waals surface area contributed by atoms with Crippen LogP contribution in [-0.4, -0.2) is 17.1 Å². The van der Waals surface area contributed by atoms with E-state index >= 15 is 0 Å². The Kier molecular flexibility index (Phi) is 6.28. The number of carbonyl (C=O) groups is 1. The van der Waals surface area contributed by atoms with Gasteiger partial charge in [-0.3, -0.25) is 4.79 Å². The van der Waals surface area contributed by atoms with Crippen LogP contribution in [-0.2, 0) is 17.9 Å². The second-order valence-corrected chi connectivity index (χ2v) is 4.90. The molecular weight excluding hydrogens is 264 g/mol. The van der Waals surface area contributed by atoms with Crippen LogP contribution >= 0.6 is 12.4 Å². The minimum absolute atomic E-state index is 0. The third-order valence-electron chi connectivity index (χ3n) is 3.55. The summed E-state index contributed by atoms with van der Waals surface area (Å²) in [6.07, 6.45) is 2.88. The predicted molar refractivity (Wildman–Crippen MR) is 76.8 cm³/mol. The normalized spacial score (nSPS) is 21.8. The van der Waals surface area contributed by atoms with E-state index in [4.69, 9.17) is 10.8 Å². The quantitative estimate of drug-likeness (QED) is 0.781. The Morgan fingerprint density at radius 1 is 1.37 bits per heavy atom. The number of rotatable bonds is 4. The van der Waals surface area contributed by atoms with Crippen molar-refractivity contribution in [3.05, 3.63) is 35.4 Å². The van der Waals surface area contributed by atoms with Gasteiger partial charge in [-0.15, -0.1) is 12.4 Å². The van der Waals surface area contributed by atoms with Crippen LogP contribution in [0.25, 0.3) is 0 Å². The van der Waals surface area contributed by atoms with E-state index in [-0.39, 0.29) is 36.9 Å². The Morgan fingerprint density at radius 3 is 2.74 bits per heavy atom. The van der Waals surface area contributed by atoms with Gasteiger partial charge in [-0.05, 0) is 24.0 Å². The highest BCUT2D eigenvalue weighted by atomic mass is 35.5. The van der Waals surface area contributed by atoms with E-state index in [2.05, 4.69) is 5.32 Å². The van der Waals surface area contributed by atoms with Crippen molar-refractivity contribution in [3.8, 4) is 0 Å². The van der Waals surface area contributed by atoms with Crippen LogP contribution in [0.2, 0.25) is 0 Å². The highest BCUT2D eigenvalue weighted by Crippen LogP contribution is 2.24. The summed E-state index contributed by atoms with van der Waals surface area (Å²) in [6.45, 7) is 0.519. The molecule has 0 saturated heterocycles. The Labute approximate surface area is 119 Å². The molecule has 2 rings (SSSR count). The number of aliphatic hydroxyl groups is 1. The number of benzene rings is 1. The molecule has 1 saturated carbocycles. The summed E-state index contributed by atoms with van der Waals surface area (Å²) in [4.78, 5) is 11.9. The van der Waals surface area contributed by atoms with Crippen molar-refractivity contribution in [2.24, 2.45) is 11.7 Å². The molecule has 2 unspecified atom stereocenters. The number of hydrogen-bond donors (Lipinski definition) is 3. The zero-order valence-electron chi connectivity index (χ0n) is 10.8. The molecule has 0 heterocycles. The van der Waals surface area contributed by atoms with Gasteiger partial charge in [0.05, 0.1) is 12.5 Å². The summed E-state index contributed by atoms with van der Waals surface area (Å²) in [5.74, 6) is 0.0143. The second-order valence-electron chi connectivity index (χ2n) is 4.90. The molecule has 0 aliphatic heterocycles. The molecule has 0 radical (unpaired) electrons. The second kappa shape index (κ2) is 7.48. The topological polar surface area (TPSA) is 75.4 Å². The largest absolute Gasteiger partial charge is 0.392 e. The van der Waals surface area contributed by atoms with Gasteiger partial charge >= 0.3 is 0 Å². The summed E-state index contributed by atoms with van der Waals surface area (Å²) in [7, 11) is 0. The van der Waals surface area contributed by atoms with Crippen molar-refractivity contribution in [1.29, 1.82) is 0 Å². The smallest absolute Gasteiger partial charge is 0.224 e. The molecule has 19 heavy (non-hydrogen) atoms. The van der Waals surface area contributed by atoms with Crippen LogP contribution in [0, 0.1) is 5.92 Å². The number of halogens is 1. The van der Waals surface area contributed by atoms with E-state index in [1.54, 1.807) is 0 Å². The first-order valence-electron chi connectivity index (χ1n) is 6.42. The number of aliphatic hydroxyl groups excluding tert-OH is 1. The lowest BCUT2D eigenvalue weighted by molar-refractivity contribution is -0.125. The number of nitrogens with one attached hydrogen (secondary N) is 1. The van der Waals surface area contributed by atoms with Crippen LogP contribution < -0.4 is 11.1 Å². The monoisotopic (exact) mass is 284 g/mol. The van der Waals surface area contributed by atoms with Crippen LogP contribution in [0.5, 0.6) is 0 Å².